The maximum absolute atomic E-state index is 12.4. The predicted molar refractivity (Wildman–Crippen MR) is 78.4 cm³/mol. The first-order valence-corrected chi connectivity index (χ1v) is 6.59. The maximum atomic E-state index is 12.4. The van der Waals surface area contributed by atoms with Crippen LogP contribution in [0.1, 0.15) is 34.8 Å². The minimum absolute atomic E-state index is 0.00356. The molecule has 0 fully saturated rings. The molecule has 0 aliphatic rings. The molecule has 0 bridgehead atoms. The minimum atomic E-state index is -0.249. The Morgan fingerprint density at radius 2 is 2.10 bits per heavy atom. The molecule has 2 N–H and O–H groups in total. The van der Waals surface area contributed by atoms with Gasteiger partial charge in [-0.15, -0.1) is 0 Å². The van der Waals surface area contributed by atoms with Gasteiger partial charge in [0, 0.05) is 19.0 Å². The second kappa shape index (κ2) is 7.68. The van der Waals surface area contributed by atoms with Crippen LogP contribution in [-0.2, 0) is 0 Å². The number of carbonyl (C=O) groups excluding carboxylic acids is 1. The van der Waals surface area contributed by atoms with Crippen LogP contribution in [0.3, 0.4) is 0 Å². The number of carbonyl (C=O) groups is 1. The van der Waals surface area contributed by atoms with Crippen LogP contribution in [0.25, 0.3) is 0 Å². The van der Waals surface area contributed by atoms with Gasteiger partial charge in [-0.1, -0.05) is 23.5 Å². The van der Waals surface area contributed by atoms with E-state index in [2.05, 4.69) is 11.8 Å². The molecule has 1 amide bonds. The molecule has 1 atom stereocenters. The van der Waals surface area contributed by atoms with E-state index in [1.54, 1.807) is 20.0 Å². The molecule has 20 heavy (non-hydrogen) atoms. The average Bonchev–Trinajstić information content (AvgIpc) is 2.46. The van der Waals surface area contributed by atoms with E-state index in [0.717, 1.165) is 5.56 Å². The normalized spacial score (nSPS) is 11.4. The third kappa shape index (κ3) is 4.09. The number of benzene rings is 1. The van der Waals surface area contributed by atoms with Crippen molar-refractivity contribution in [2.45, 2.75) is 26.3 Å². The van der Waals surface area contributed by atoms with Gasteiger partial charge in [0.15, 0.2) is 0 Å². The van der Waals surface area contributed by atoms with Crippen molar-refractivity contribution in [3.05, 3.63) is 34.9 Å². The van der Waals surface area contributed by atoms with Crippen LogP contribution in [0.5, 0.6) is 0 Å². The van der Waals surface area contributed by atoms with Crippen LogP contribution < -0.4 is 0 Å². The van der Waals surface area contributed by atoms with Crippen LogP contribution in [0.2, 0.25) is 0 Å². The molecule has 1 aromatic rings. The maximum Gasteiger partial charge on any atom is 0.255 e. The molecule has 0 spiro atoms. The summed E-state index contributed by atoms with van der Waals surface area (Å²) < 4.78 is 0. The Kier molecular flexibility index (Phi) is 6.23. The molecule has 108 valence electrons. The standard InChI is InChI=1S/C16H21NO3/c1-12-7-8-14(6-4-5-9-18)15(10-12)16(20)17(3)13(2)11-19/h7-8,10,13,18-19H,5,9,11H2,1-3H3. The van der Waals surface area contributed by atoms with Crippen LogP contribution in [0.15, 0.2) is 18.2 Å². The molecule has 1 unspecified atom stereocenters. The largest absolute Gasteiger partial charge is 0.395 e. The van der Waals surface area contributed by atoms with Crippen LogP contribution in [-0.4, -0.2) is 47.3 Å². The number of aryl methyl sites for hydroxylation is 1. The summed E-state index contributed by atoms with van der Waals surface area (Å²) in [4.78, 5) is 14.0. The van der Waals surface area contributed by atoms with E-state index >= 15 is 0 Å². The van der Waals surface area contributed by atoms with Crippen molar-refractivity contribution in [3.8, 4) is 11.8 Å². The quantitative estimate of drug-likeness (QED) is 0.811. The average molecular weight is 275 g/mol. The van der Waals surface area contributed by atoms with E-state index < -0.39 is 0 Å². The summed E-state index contributed by atoms with van der Waals surface area (Å²) in [5, 5.41) is 17.9. The number of nitrogens with zero attached hydrogens (tertiary/aromatic N) is 1. The zero-order valence-corrected chi connectivity index (χ0v) is 12.2. The summed E-state index contributed by atoms with van der Waals surface area (Å²) in [5.41, 5.74) is 2.15. The minimum Gasteiger partial charge on any atom is -0.395 e. The van der Waals surface area contributed by atoms with Crippen molar-refractivity contribution < 1.29 is 15.0 Å². The van der Waals surface area contributed by atoms with Gasteiger partial charge in [-0.3, -0.25) is 4.79 Å². The Morgan fingerprint density at radius 1 is 1.40 bits per heavy atom. The summed E-state index contributed by atoms with van der Waals surface area (Å²) in [6, 6.07) is 5.26. The Morgan fingerprint density at radius 3 is 2.70 bits per heavy atom. The van der Waals surface area contributed by atoms with Gasteiger partial charge >= 0.3 is 0 Å². The van der Waals surface area contributed by atoms with Gasteiger partial charge < -0.3 is 15.1 Å². The second-order valence-electron chi connectivity index (χ2n) is 4.77. The molecule has 4 heteroatoms. The molecule has 0 aliphatic heterocycles. The van der Waals surface area contributed by atoms with E-state index in [9.17, 15) is 4.79 Å². The number of aliphatic hydroxyl groups is 2. The highest BCUT2D eigenvalue weighted by molar-refractivity contribution is 5.97. The van der Waals surface area contributed by atoms with Gasteiger partial charge in [0.2, 0.25) is 0 Å². The topological polar surface area (TPSA) is 60.8 Å². The fourth-order valence-electron chi connectivity index (χ4n) is 1.67. The number of amides is 1. The zero-order chi connectivity index (χ0) is 15.1. The van der Waals surface area contributed by atoms with E-state index in [0.29, 0.717) is 17.5 Å². The molecule has 4 nitrogen and oxygen atoms in total. The highest BCUT2D eigenvalue weighted by atomic mass is 16.3. The monoisotopic (exact) mass is 275 g/mol. The Hall–Kier alpha value is -1.83. The van der Waals surface area contributed by atoms with Crippen molar-refractivity contribution in [3.63, 3.8) is 0 Å². The highest BCUT2D eigenvalue weighted by Crippen LogP contribution is 2.14. The Labute approximate surface area is 120 Å². The number of aliphatic hydroxyl groups excluding tert-OH is 2. The first-order chi connectivity index (χ1) is 9.51. The zero-order valence-electron chi connectivity index (χ0n) is 12.2. The van der Waals surface area contributed by atoms with Crippen molar-refractivity contribution >= 4 is 5.91 Å². The lowest BCUT2D eigenvalue weighted by molar-refractivity contribution is 0.0682. The first kappa shape index (κ1) is 16.2. The number of likely N-dealkylation sites (N-methyl/N-ethyl adjacent to an activating group) is 1. The van der Waals surface area contributed by atoms with Crippen molar-refractivity contribution in [1.29, 1.82) is 0 Å². The molecule has 1 rings (SSSR count). The lowest BCUT2D eigenvalue weighted by Crippen LogP contribution is -2.37. The molecule has 0 radical (unpaired) electrons. The summed E-state index contributed by atoms with van der Waals surface area (Å²) >= 11 is 0. The van der Waals surface area contributed by atoms with Crippen LogP contribution >= 0.6 is 0 Å². The van der Waals surface area contributed by atoms with E-state index in [-0.39, 0.29) is 25.2 Å². The molecule has 1 aromatic carbocycles. The molecule has 0 heterocycles. The first-order valence-electron chi connectivity index (χ1n) is 6.59. The van der Waals surface area contributed by atoms with Crippen molar-refractivity contribution in [1.82, 2.24) is 4.90 Å². The van der Waals surface area contributed by atoms with Gasteiger partial charge in [0.25, 0.3) is 5.91 Å². The van der Waals surface area contributed by atoms with Crippen molar-refractivity contribution in [2.24, 2.45) is 0 Å². The summed E-state index contributed by atoms with van der Waals surface area (Å²) in [7, 11) is 1.66. The van der Waals surface area contributed by atoms with Crippen LogP contribution in [0, 0.1) is 18.8 Å². The molecule has 0 saturated heterocycles. The molecule has 0 aromatic heterocycles. The van der Waals surface area contributed by atoms with Crippen LogP contribution in [0.4, 0.5) is 0 Å². The van der Waals surface area contributed by atoms with Crippen molar-refractivity contribution in [2.75, 3.05) is 20.3 Å². The highest BCUT2D eigenvalue weighted by Gasteiger charge is 2.19. The predicted octanol–water partition coefficient (Wildman–Crippen LogP) is 1.18. The molecular formula is C16H21NO3. The fourth-order valence-corrected chi connectivity index (χ4v) is 1.67. The molecule has 0 aliphatic carbocycles. The van der Waals surface area contributed by atoms with Gasteiger partial charge in [-0.25, -0.2) is 0 Å². The Balaban J connectivity index is 3.12. The molecular weight excluding hydrogens is 254 g/mol. The fraction of sp³-hybridized carbons (Fsp3) is 0.438. The third-order valence-corrected chi connectivity index (χ3v) is 3.11. The molecule has 0 saturated carbocycles. The lowest BCUT2D eigenvalue weighted by atomic mass is 10.0. The van der Waals surface area contributed by atoms with E-state index in [1.165, 1.54) is 4.90 Å². The number of hydrogen-bond donors (Lipinski definition) is 2. The summed E-state index contributed by atoms with van der Waals surface area (Å²) in [6.07, 6.45) is 0.379. The number of rotatable bonds is 4. The third-order valence-electron chi connectivity index (χ3n) is 3.11. The smallest absolute Gasteiger partial charge is 0.255 e. The van der Waals surface area contributed by atoms with Gasteiger partial charge in [-0.2, -0.15) is 0 Å². The van der Waals surface area contributed by atoms with E-state index in [1.807, 2.05) is 19.1 Å². The SMILES string of the molecule is Cc1ccc(C#CCCO)c(C(=O)N(C)C(C)CO)c1. The number of hydrogen-bond acceptors (Lipinski definition) is 3. The van der Waals surface area contributed by atoms with Gasteiger partial charge in [0.05, 0.1) is 24.8 Å². The lowest BCUT2D eigenvalue weighted by Gasteiger charge is -2.23. The Bertz CT molecular complexity index is 528. The van der Waals surface area contributed by atoms with Gasteiger partial charge in [-0.05, 0) is 26.0 Å². The second-order valence-corrected chi connectivity index (χ2v) is 4.77. The summed E-state index contributed by atoms with van der Waals surface area (Å²) in [5.74, 6) is 5.58. The van der Waals surface area contributed by atoms with Gasteiger partial charge in [0.1, 0.15) is 0 Å². The van der Waals surface area contributed by atoms with E-state index in [4.69, 9.17) is 10.2 Å². The summed E-state index contributed by atoms with van der Waals surface area (Å²) in [6.45, 7) is 3.62.